The Bertz CT molecular complexity index is 1320. The van der Waals surface area contributed by atoms with Crippen molar-refractivity contribution in [2.24, 2.45) is 0 Å². The predicted molar refractivity (Wildman–Crippen MR) is 136 cm³/mol. The van der Waals surface area contributed by atoms with Gasteiger partial charge in [0, 0.05) is 18.8 Å². The van der Waals surface area contributed by atoms with E-state index >= 15 is 0 Å². The van der Waals surface area contributed by atoms with Gasteiger partial charge in [0.2, 0.25) is 5.91 Å². The number of thiophene rings is 1. The number of thiazole rings is 1. The second kappa shape index (κ2) is 9.44. The molecule has 1 saturated heterocycles. The number of nitrogens with zero attached hydrogens (tertiary/aromatic N) is 4. The Morgan fingerprint density at radius 2 is 1.91 bits per heavy atom. The zero-order valence-electron chi connectivity index (χ0n) is 18.4. The second-order valence-electron chi connectivity index (χ2n) is 8.11. The van der Waals surface area contributed by atoms with Gasteiger partial charge in [0.25, 0.3) is 5.56 Å². The van der Waals surface area contributed by atoms with Gasteiger partial charge in [-0.15, -0.1) is 11.3 Å². The third-order valence-electron chi connectivity index (χ3n) is 5.81. The Morgan fingerprint density at radius 3 is 2.61 bits per heavy atom. The molecule has 1 amide bonds. The first kappa shape index (κ1) is 21.8. The molecule has 5 rings (SSSR count). The lowest BCUT2D eigenvalue weighted by molar-refractivity contribution is -0.117. The number of hydrogen-bond donors (Lipinski definition) is 1. The fourth-order valence-corrected chi connectivity index (χ4v) is 5.90. The third kappa shape index (κ3) is 4.56. The average molecular weight is 480 g/mol. The number of carbonyl (C=O) groups is 1. The minimum absolute atomic E-state index is 0.167. The van der Waals surface area contributed by atoms with E-state index in [0.29, 0.717) is 16.9 Å². The zero-order chi connectivity index (χ0) is 22.8. The minimum atomic E-state index is -0.332. The Hall–Kier alpha value is -3.04. The smallest absolute Gasteiger partial charge is 0.294 e. The molecule has 1 fully saturated rings. The van der Waals surface area contributed by atoms with Crippen molar-refractivity contribution in [3.8, 4) is 10.6 Å². The molecule has 7 nitrogen and oxygen atoms in total. The van der Waals surface area contributed by atoms with Crippen LogP contribution in [0.3, 0.4) is 0 Å². The molecule has 0 spiro atoms. The fourth-order valence-electron chi connectivity index (χ4n) is 4.01. The summed E-state index contributed by atoms with van der Waals surface area (Å²) in [6.07, 6.45) is 4.43. The van der Waals surface area contributed by atoms with Crippen molar-refractivity contribution in [1.29, 1.82) is 0 Å². The summed E-state index contributed by atoms with van der Waals surface area (Å²) in [6, 6.07) is 11.7. The number of rotatable bonds is 6. The topological polar surface area (TPSA) is 80.1 Å². The molecule has 33 heavy (non-hydrogen) atoms. The van der Waals surface area contributed by atoms with E-state index in [1.54, 1.807) is 11.3 Å². The number of fused-ring (bicyclic) bond motifs is 1. The number of amides is 1. The number of anilines is 2. The van der Waals surface area contributed by atoms with Crippen molar-refractivity contribution in [1.82, 2.24) is 14.8 Å². The molecule has 0 aliphatic carbocycles. The van der Waals surface area contributed by atoms with Crippen molar-refractivity contribution < 1.29 is 4.79 Å². The van der Waals surface area contributed by atoms with Crippen LogP contribution in [0.2, 0.25) is 0 Å². The van der Waals surface area contributed by atoms with Crippen molar-refractivity contribution >= 4 is 49.6 Å². The van der Waals surface area contributed by atoms with Crippen molar-refractivity contribution in [2.45, 2.75) is 39.2 Å². The molecule has 0 unspecified atom stereocenters. The van der Waals surface area contributed by atoms with Crippen LogP contribution in [0.15, 0.2) is 46.6 Å². The van der Waals surface area contributed by atoms with Crippen molar-refractivity contribution in [2.75, 3.05) is 23.3 Å². The van der Waals surface area contributed by atoms with Crippen LogP contribution in [0.5, 0.6) is 0 Å². The maximum Gasteiger partial charge on any atom is 0.294 e. The maximum atomic E-state index is 13.3. The molecule has 4 heterocycles. The lowest BCUT2D eigenvalue weighted by Crippen LogP contribution is -2.30. The van der Waals surface area contributed by atoms with E-state index in [4.69, 9.17) is 4.98 Å². The van der Waals surface area contributed by atoms with Gasteiger partial charge in [0.15, 0.2) is 10.6 Å². The van der Waals surface area contributed by atoms with Gasteiger partial charge < -0.3 is 10.2 Å². The normalized spacial score (nSPS) is 14.0. The first-order chi connectivity index (χ1) is 16.1. The zero-order valence-corrected chi connectivity index (χ0v) is 20.0. The number of benzene rings is 1. The van der Waals surface area contributed by atoms with Gasteiger partial charge in [0.05, 0.1) is 9.58 Å². The van der Waals surface area contributed by atoms with Crippen LogP contribution in [0.25, 0.3) is 20.8 Å². The largest absolute Gasteiger partial charge is 0.348 e. The third-order valence-corrected chi connectivity index (χ3v) is 7.81. The van der Waals surface area contributed by atoms with Gasteiger partial charge in [-0.25, -0.2) is 9.67 Å². The number of aryl methyl sites for hydroxylation is 1. The lowest BCUT2D eigenvalue weighted by atomic mass is 10.1. The summed E-state index contributed by atoms with van der Waals surface area (Å²) in [6.45, 7) is 3.82. The highest BCUT2D eigenvalue weighted by Crippen LogP contribution is 2.36. The molecule has 9 heteroatoms. The number of carbonyl (C=O) groups excluding carboxylic acids is 1. The monoisotopic (exact) mass is 479 g/mol. The first-order valence-electron chi connectivity index (χ1n) is 11.2. The van der Waals surface area contributed by atoms with E-state index in [1.807, 2.05) is 41.8 Å². The van der Waals surface area contributed by atoms with Crippen LogP contribution in [0.1, 0.15) is 31.7 Å². The van der Waals surface area contributed by atoms with E-state index in [9.17, 15) is 9.59 Å². The fraction of sp³-hybridized carbons (Fsp3) is 0.333. The van der Waals surface area contributed by atoms with Crippen molar-refractivity contribution in [3.63, 3.8) is 0 Å². The summed E-state index contributed by atoms with van der Waals surface area (Å²) in [4.78, 5) is 33.9. The van der Waals surface area contributed by atoms with Crippen LogP contribution >= 0.6 is 22.7 Å². The highest BCUT2D eigenvalue weighted by Gasteiger charge is 2.22. The summed E-state index contributed by atoms with van der Waals surface area (Å²) in [5.41, 5.74) is 2.66. The van der Waals surface area contributed by atoms with E-state index in [-0.39, 0.29) is 18.0 Å². The molecule has 1 aliphatic rings. The molecule has 1 aromatic carbocycles. The Labute approximate surface area is 199 Å². The summed E-state index contributed by atoms with van der Waals surface area (Å²) < 4.78 is 2.03. The lowest BCUT2D eigenvalue weighted by Gasteiger charge is -2.25. The summed E-state index contributed by atoms with van der Waals surface area (Å²) in [5, 5.41) is 10.3. The Morgan fingerprint density at radius 1 is 1.12 bits per heavy atom. The van der Waals surface area contributed by atoms with Crippen LogP contribution in [0, 0.1) is 0 Å². The minimum Gasteiger partial charge on any atom is -0.348 e. The predicted octanol–water partition coefficient (Wildman–Crippen LogP) is 4.77. The standard InChI is InChI=1S/C24H25N5O2S2/c1-2-16-8-10-17(11-9-16)25-19(30)15-29-23(31)21-22(20(27-29)18-7-6-14-32-18)33-24(26-21)28-12-4-3-5-13-28/h6-11,14H,2-5,12-13,15H2,1H3,(H,25,30). The van der Waals surface area contributed by atoms with Gasteiger partial charge >= 0.3 is 0 Å². The van der Waals surface area contributed by atoms with Gasteiger partial charge in [0.1, 0.15) is 12.2 Å². The molecular weight excluding hydrogens is 454 g/mol. The first-order valence-corrected chi connectivity index (χ1v) is 12.9. The van der Waals surface area contributed by atoms with Gasteiger partial charge in [-0.2, -0.15) is 5.10 Å². The number of aromatic nitrogens is 3. The molecule has 1 aliphatic heterocycles. The Kier molecular flexibility index (Phi) is 6.24. The van der Waals surface area contributed by atoms with E-state index in [2.05, 4.69) is 22.2 Å². The molecule has 4 aromatic rings. The SMILES string of the molecule is CCc1ccc(NC(=O)Cn2nc(-c3cccs3)c3sc(N4CCCCC4)nc3c2=O)cc1. The van der Waals surface area contributed by atoms with Crippen LogP contribution < -0.4 is 15.8 Å². The molecule has 0 saturated carbocycles. The summed E-state index contributed by atoms with van der Waals surface area (Å²) >= 11 is 3.08. The molecule has 170 valence electrons. The van der Waals surface area contributed by atoms with Crippen LogP contribution in [-0.2, 0) is 17.8 Å². The highest BCUT2D eigenvalue weighted by atomic mass is 32.1. The second-order valence-corrected chi connectivity index (χ2v) is 10.0. The summed E-state index contributed by atoms with van der Waals surface area (Å²) in [7, 11) is 0. The summed E-state index contributed by atoms with van der Waals surface area (Å²) in [5.74, 6) is -0.295. The average Bonchev–Trinajstić information content (AvgIpc) is 3.53. The van der Waals surface area contributed by atoms with Gasteiger partial charge in [-0.1, -0.05) is 36.5 Å². The van der Waals surface area contributed by atoms with Crippen LogP contribution in [0.4, 0.5) is 10.8 Å². The molecule has 1 N–H and O–H groups in total. The van der Waals surface area contributed by atoms with Crippen molar-refractivity contribution in [3.05, 3.63) is 57.7 Å². The van der Waals surface area contributed by atoms with Crippen LogP contribution in [-0.4, -0.2) is 33.8 Å². The van der Waals surface area contributed by atoms with E-state index in [0.717, 1.165) is 47.1 Å². The number of nitrogens with one attached hydrogen (secondary N) is 1. The number of hydrogen-bond acceptors (Lipinski definition) is 7. The maximum absolute atomic E-state index is 13.3. The van der Waals surface area contributed by atoms with E-state index in [1.165, 1.54) is 28.0 Å². The molecule has 0 radical (unpaired) electrons. The molecule has 3 aromatic heterocycles. The van der Waals surface area contributed by atoms with E-state index < -0.39 is 0 Å². The van der Waals surface area contributed by atoms with Gasteiger partial charge in [-0.05, 0) is 54.8 Å². The molecule has 0 atom stereocenters. The molecule has 0 bridgehead atoms. The Balaban J connectivity index is 1.49. The molecular formula is C24H25N5O2S2. The quantitative estimate of drug-likeness (QED) is 0.431. The van der Waals surface area contributed by atoms with Gasteiger partial charge in [-0.3, -0.25) is 9.59 Å². The highest BCUT2D eigenvalue weighted by molar-refractivity contribution is 7.23. The number of piperidine rings is 1.